The van der Waals surface area contributed by atoms with Crippen molar-refractivity contribution in [3.05, 3.63) is 52.1 Å². The molecule has 0 atom stereocenters. The van der Waals surface area contributed by atoms with E-state index in [9.17, 15) is 9.59 Å². The largest absolute Gasteiger partial charge is 0.493 e. The van der Waals surface area contributed by atoms with Gasteiger partial charge in [0, 0.05) is 51.7 Å². The summed E-state index contributed by atoms with van der Waals surface area (Å²) >= 11 is 0. The van der Waals surface area contributed by atoms with Gasteiger partial charge in [-0.2, -0.15) is 0 Å². The molecular formula is C22H25N5O4. The third-order valence-corrected chi connectivity index (χ3v) is 5.33. The fourth-order valence-electron chi connectivity index (χ4n) is 3.66. The lowest BCUT2D eigenvalue weighted by atomic mass is 10.1. The molecule has 1 amide bonds. The Labute approximate surface area is 179 Å². The molecular weight excluding hydrogens is 398 g/mol. The highest BCUT2D eigenvalue weighted by molar-refractivity contribution is 5.97. The number of carbonyl (C=O) groups is 1. The number of aromatic nitrogens is 2. The lowest BCUT2D eigenvalue weighted by Crippen LogP contribution is -2.49. The lowest BCUT2D eigenvalue weighted by Gasteiger charge is -2.35. The van der Waals surface area contributed by atoms with Crippen molar-refractivity contribution in [2.45, 2.75) is 6.92 Å². The van der Waals surface area contributed by atoms with Crippen molar-refractivity contribution in [3.63, 3.8) is 0 Å². The first kappa shape index (κ1) is 20.6. The zero-order chi connectivity index (χ0) is 22.1. The quantitative estimate of drug-likeness (QED) is 0.588. The van der Waals surface area contributed by atoms with Gasteiger partial charge in [0.05, 0.1) is 7.11 Å². The van der Waals surface area contributed by atoms with Gasteiger partial charge in [-0.05, 0) is 19.1 Å². The Morgan fingerprint density at radius 2 is 1.87 bits per heavy atom. The van der Waals surface area contributed by atoms with Crippen LogP contribution in [0.4, 0.5) is 11.6 Å². The maximum absolute atomic E-state index is 13.0. The molecule has 9 heteroatoms. The summed E-state index contributed by atoms with van der Waals surface area (Å²) in [5, 5.41) is 0.647. The highest BCUT2D eigenvalue weighted by Gasteiger charge is 2.26. The van der Waals surface area contributed by atoms with E-state index in [-0.39, 0.29) is 11.5 Å². The van der Waals surface area contributed by atoms with E-state index < -0.39 is 5.63 Å². The zero-order valence-electron chi connectivity index (χ0n) is 18.1. The first-order chi connectivity index (χ1) is 14.9. The summed E-state index contributed by atoms with van der Waals surface area (Å²) in [5.74, 6) is 2.50. The molecule has 162 valence electrons. The molecule has 1 fully saturated rings. The molecule has 0 N–H and O–H groups in total. The molecule has 3 heterocycles. The third-order valence-electron chi connectivity index (χ3n) is 5.33. The summed E-state index contributed by atoms with van der Waals surface area (Å²) in [5.41, 5.74) is -0.291. The van der Waals surface area contributed by atoms with Crippen molar-refractivity contribution in [3.8, 4) is 5.75 Å². The number of piperazine rings is 1. The molecule has 0 saturated carbocycles. The average Bonchev–Trinajstić information content (AvgIpc) is 2.77. The minimum absolute atomic E-state index is 0.0296. The monoisotopic (exact) mass is 423 g/mol. The van der Waals surface area contributed by atoms with Gasteiger partial charge in [-0.15, -0.1) is 0 Å². The van der Waals surface area contributed by atoms with E-state index in [4.69, 9.17) is 9.15 Å². The van der Waals surface area contributed by atoms with Crippen LogP contribution < -0.4 is 20.2 Å². The molecule has 0 bridgehead atoms. The fraction of sp³-hybridized carbons (Fsp3) is 0.364. The van der Waals surface area contributed by atoms with Crippen molar-refractivity contribution >= 4 is 28.5 Å². The second kappa shape index (κ2) is 8.25. The maximum Gasteiger partial charge on any atom is 0.349 e. The first-order valence-corrected chi connectivity index (χ1v) is 10.1. The predicted octanol–water partition coefficient (Wildman–Crippen LogP) is 1.93. The second-order valence-electron chi connectivity index (χ2n) is 7.63. The predicted molar refractivity (Wildman–Crippen MR) is 118 cm³/mol. The summed E-state index contributed by atoms with van der Waals surface area (Å²) in [4.78, 5) is 40.3. The second-order valence-corrected chi connectivity index (χ2v) is 7.63. The van der Waals surface area contributed by atoms with Crippen LogP contribution in [0.5, 0.6) is 5.75 Å². The number of amides is 1. The molecule has 0 unspecified atom stereocenters. The first-order valence-electron chi connectivity index (χ1n) is 10.1. The number of methoxy groups -OCH3 is 1. The van der Waals surface area contributed by atoms with E-state index in [1.54, 1.807) is 29.2 Å². The van der Waals surface area contributed by atoms with Crippen LogP contribution >= 0.6 is 0 Å². The van der Waals surface area contributed by atoms with Crippen molar-refractivity contribution in [1.29, 1.82) is 0 Å². The molecule has 31 heavy (non-hydrogen) atoms. The number of nitrogens with zero attached hydrogens (tertiary/aromatic N) is 5. The molecule has 1 aliphatic heterocycles. The zero-order valence-corrected chi connectivity index (χ0v) is 18.1. The van der Waals surface area contributed by atoms with E-state index in [0.29, 0.717) is 48.7 Å². The third kappa shape index (κ3) is 4.03. The van der Waals surface area contributed by atoms with Gasteiger partial charge >= 0.3 is 5.63 Å². The SMILES string of the molecule is COc1cccc2cc(C(=O)N3CCN(c4cc(N(C)C)nc(C)n4)CC3)c(=O)oc12. The number of fused-ring (bicyclic) bond motifs is 1. The Morgan fingerprint density at radius 3 is 2.55 bits per heavy atom. The highest BCUT2D eigenvalue weighted by Crippen LogP contribution is 2.25. The van der Waals surface area contributed by atoms with Crippen LogP contribution in [0.25, 0.3) is 11.0 Å². The van der Waals surface area contributed by atoms with Gasteiger partial charge in [0.25, 0.3) is 5.91 Å². The molecule has 9 nitrogen and oxygen atoms in total. The Morgan fingerprint density at radius 1 is 1.13 bits per heavy atom. The van der Waals surface area contributed by atoms with Crippen molar-refractivity contribution < 1.29 is 13.9 Å². The van der Waals surface area contributed by atoms with Gasteiger partial charge in [-0.3, -0.25) is 4.79 Å². The number of anilines is 2. The van der Waals surface area contributed by atoms with Gasteiger partial charge in [0.1, 0.15) is 23.0 Å². The van der Waals surface area contributed by atoms with Crippen LogP contribution in [0, 0.1) is 6.92 Å². The number of benzene rings is 1. The minimum atomic E-state index is -0.661. The number of ether oxygens (including phenoxy) is 1. The number of rotatable bonds is 4. The molecule has 4 rings (SSSR count). The van der Waals surface area contributed by atoms with E-state index >= 15 is 0 Å². The molecule has 3 aromatic rings. The van der Waals surface area contributed by atoms with Crippen LogP contribution in [-0.4, -0.2) is 68.2 Å². The van der Waals surface area contributed by atoms with Gasteiger partial charge in [0.2, 0.25) is 0 Å². The van der Waals surface area contributed by atoms with Crippen molar-refractivity contribution in [2.75, 3.05) is 57.2 Å². The summed E-state index contributed by atoms with van der Waals surface area (Å²) in [6, 6.07) is 8.81. The summed E-state index contributed by atoms with van der Waals surface area (Å²) in [7, 11) is 5.38. The number of para-hydroxylation sites is 1. The summed E-state index contributed by atoms with van der Waals surface area (Å²) in [6.45, 7) is 4.05. The van der Waals surface area contributed by atoms with E-state index in [0.717, 1.165) is 11.6 Å². The fourth-order valence-corrected chi connectivity index (χ4v) is 3.66. The lowest BCUT2D eigenvalue weighted by molar-refractivity contribution is 0.0742. The summed E-state index contributed by atoms with van der Waals surface area (Å²) < 4.78 is 10.6. The minimum Gasteiger partial charge on any atom is -0.493 e. The normalized spacial score (nSPS) is 14.1. The number of aryl methyl sites for hydroxylation is 1. The molecule has 0 spiro atoms. The molecule has 1 saturated heterocycles. The van der Waals surface area contributed by atoms with Crippen LogP contribution in [0.2, 0.25) is 0 Å². The number of carbonyl (C=O) groups excluding carboxylic acids is 1. The molecule has 1 aliphatic rings. The Balaban J connectivity index is 1.53. The van der Waals surface area contributed by atoms with E-state index in [1.807, 2.05) is 32.0 Å². The van der Waals surface area contributed by atoms with Crippen LogP contribution in [0.1, 0.15) is 16.2 Å². The number of hydrogen-bond acceptors (Lipinski definition) is 8. The molecule has 0 radical (unpaired) electrons. The highest BCUT2D eigenvalue weighted by atomic mass is 16.5. The Kier molecular flexibility index (Phi) is 5.50. The van der Waals surface area contributed by atoms with Gasteiger partial charge in [-0.25, -0.2) is 14.8 Å². The molecule has 0 aliphatic carbocycles. The van der Waals surface area contributed by atoms with Crippen molar-refractivity contribution in [1.82, 2.24) is 14.9 Å². The Hall–Kier alpha value is -3.62. The van der Waals surface area contributed by atoms with Gasteiger partial charge in [0.15, 0.2) is 11.3 Å². The smallest absolute Gasteiger partial charge is 0.349 e. The maximum atomic E-state index is 13.0. The number of hydrogen-bond donors (Lipinski definition) is 0. The Bertz CT molecular complexity index is 1180. The average molecular weight is 423 g/mol. The van der Waals surface area contributed by atoms with Crippen LogP contribution in [0.15, 0.2) is 39.5 Å². The van der Waals surface area contributed by atoms with Gasteiger partial charge < -0.3 is 23.9 Å². The van der Waals surface area contributed by atoms with Crippen molar-refractivity contribution in [2.24, 2.45) is 0 Å². The van der Waals surface area contributed by atoms with Crippen LogP contribution in [-0.2, 0) is 0 Å². The van der Waals surface area contributed by atoms with Crippen LogP contribution in [0.3, 0.4) is 0 Å². The molecule has 2 aromatic heterocycles. The topological polar surface area (TPSA) is 92.0 Å². The van der Waals surface area contributed by atoms with E-state index in [2.05, 4.69) is 14.9 Å². The summed E-state index contributed by atoms with van der Waals surface area (Å²) in [6.07, 6.45) is 0. The van der Waals surface area contributed by atoms with Gasteiger partial charge in [-0.1, -0.05) is 12.1 Å². The van der Waals surface area contributed by atoms with E-state index in [1.165, 1.54) is 7.11 Å². The molecule has 1 aromatic carbocycles. The standard InChI is InChI=1S/C22H25N5O4/c1-14-23-18(25(2)3)13-19(24-14)26-8-10-27(11-9-26)21(28)16-12-15-6-5-7-17(30-4)20(15)31-22(16)29/h5-7,12-13H,8-11H2,1-4H3.